The molecule has 0 aliphatic rings. The monoisotopic (exact) mass is 301 g/mol. The highest BCUT2D eigenvalue weighted by molar-refractivity contribution is 6.32. The van der Waals surface area contributed by atoms with Gasteiger partial charge in [-0.3, -0.25) is 0 Å². The Kier molecular flexibility index (Phi) is 7.30. The smallest absolute Gasteiger partial charge is 0.138 e. The standard InChI is InChI=1S/C15H24ClNO3/c1-4-15(2,18)11-20-14-6-5-12(9-13(14)16)10-17-7-8-19-3/h5-6,9,17-18H,4,7-8,10-11H2,1-3H3. The Morgan fingerprint density at radius 1 is 1.40 bits per heavy atom. The molecular weight excluding hydrogens is 278 g/mol. The van der Waals surface area contributed by atoms with Gasteiger partial charge in [0.1, 0.15) is 12.4 Å². The zero-order valence-corrected chi connectivity index (χ0v) is 13.2. The molecule has 0 spiro atoms. The van der Waals surface area contributed by atoms with Gasteiger partial charge in [-0.15, -0.1) is 0 Å². The lowest BCUT2D eigenvalue weighted by Crippen LogP contribution is -2.31. The summed E-state index contributed by atoms with van der Waals surface area (Å²) in [5.41, 5.74) is 0.254. The maximum Gasteiger partial charge on any atom is 0.138 e. The molecule has 0 heterocycles. The number of aliphatic hydroxyl groups is 1. The van der Waals surface area contributed by atoms with E-state index in [4.69, 9.17) is 21.1 Å². The summed E-state index contributed by atoms with van der Waals surface area (Å²) in [6, 6.07) is 5.67. The zero-order valence-electron chi connectivity index (χ0n) is 12.4. The van der Waals surface area contributed by atoms with Crippen LogP contribution in [0.5, 0.6) is 5.75 Å². The van der Waals surface area contributed by atoms with Gasteiger partial charge in [0, 0.05) is 20.2 Å². The second-order valence-electron chi connectivity index (χ2n) is 5.07. The molecule has 0 radical (unpaired) electrons. The number of nitrogens with one attached hydrogen (secondary N) is 1. The van der Waals surface area contributed by atoms with Gasteiger partial charge >= 0.3 is 0 Å². The van der Waals surface area contributed by atoms with Crippen molar-refractivity contribution in [1.82, 2.24) is 5.32 Å². The minimum atomic E-state index is -0.830. The maximum absolute atomic E-state index is 9.91. The van der Waals surface area contributed by atoms with Crippen molar-refractivity contribution in [2.45, 2.75) is 32.4 Å². The van der Waals surface area contributed by atoms with Crippen LogP contribution in [0.2, 0.25) is 5.02 Å². The number of benzene rings is 1. The average molecular weight is 302 g/mol. The van der Waals surface area contributed by atoms with Crippen molar-refractivity contribution in [3.8, 4) is 5.75 Å². The highest BCUT2D eigenvalue weighted by Crippen LogP contribution is 2.26. The first-order valence-corrected chi connectivity index (χ1v) is 7.19. The second-order valence-corrected chi connectivity index (χ2v) is 5.48. The molecule has 114 valence electrons. The van der Waals surface area contributed by atoms with E-state index < -0.39 is 5.60 Å². The average Bonchev–Trinajstić information content (AvgIpc) is 2.43. The largest absolute Gasteiger partial charge is 0.489 e. The van der Waals surface area contributed by atoms with Crippen molar-refractivity contribution in [3.05, 3.63) is 28.8 Å². The van der Waals surface area contributed by atoms with Crippen LogP contribution in [0, 0.1) is 0 Å². The predicted molar refractivity (Wildman–Crippen MR) is 81.4 cm³/mol. The molecular formula is C15H24ClNO3. The van der Waals surface area contributed by atoms with Crippen molar-refractivity contribution in [1.29, 1.82) is 0 Å². The molecule has 0 amide bonds. The fourth-order valence-corrected chi connectivity index (χ4v) is 1.77. The van der Waals surface area contributed by atoms with E-state index in [0.717, 1.165) is 18.7 Å². The first-order valence-electron chi connectivity index (χ1n) is 6.82. The van der Waals surface area contributed by atoms with Gasteiger partial charge in [0.15, 0.2) is 0 Å². The highest BCUT2D eigenvalue weighted by Gasteiger charge is 2.19. The third-order valence-corrected chi connectivity index (χ3v) is 3.40. The van der Waals surface area contributed by atoms with E-state index in [1.807, 2.05) is 25.1 Å². The van der Waals surface area contributed by atoms with Gasteiger partial charge in [0.25, 0.3) is 0 Å². The number of hydrogen-bond acceptors (Lipinski definition) is 4. The second kappa shape index (κ2) is 8.47. The lowest BCUT2D eigenvalue weighted by molar-refractivity contribution is 0.00850. The third kappa shape index (κ3) is 6.09. The summed E-state index contributed by atoms with van der Waals surface area (Å²) in [4.78, 5) is 0. The Hall–Kier alpha value is -0.810. The zero-order chi connectivity index (χ0) is 15.0. The molecule has 0 aliphatic carbocycles. The predicted octanol–water partition coefficient (Wildman–Crippen LogP) is 2.62. The molecule has 0 aromatic heterocycles. The van der Waals surface area contributed by atoms with Crippen LogP contribution in [0.3, 0.4) is 0 Å². The number of methoxy groups -OCH3 is 1. The van der Waals surface area contributed by atoms with Gasteiger partial charge in [-0.2, -0.15) is 0 Å². The summed E-state index contributed by atoms with van der Waals surface area (Å²) in [7, 11) is 1.68. The van der Waals surface area contributed by atoms with Gasteiger partial charge in [-0.1, -0.05) is 24.6 Å². The van der Waals surface area contributed by atoms with Crippen molar-refractivity contribution in [2.75, 3.05) is 26.9 Å². The van der Waals surface area contributed by atoms with Crippen molar-refractivity contribution in [2.24, 2.45) is 0 Å². The molecule has 4 nitrogen and oxygen atoms in total. The molecule has 1 aromatic rings. The summed E-state index contributed by atoms with van der Waals surface area (Å²) >= 11 is 6.18. The maximum atomic E-state index is 9.91. The van der Waals surface area contributed by atoms with Crippen molar-refractivity contribution < 1.29 is 14.6 Å². The van der Waals surface area contributed by atoms with Crippen LogP contribution in [-0.4, -0.2) is 37.6 Å². The summed E-state index contributed by atoms with van der Waals surface area (Å²) in [5.74, 6) is 0.598. The summed E-state index contributed by atoms with van der Waals surface area (Å²) in [6.45, 7) is 6.10. The van der Waals surface area contributed by atoms with Crippen LogP contribution >= 0.6 is 11.6 Å². The summed E-state index contributed by atoms with van der Waals surface area (Å²) < 4.78 is 10.5. The molecule has 1 atom stereocenters. The van der Waals surface area contributed by atoms with Gasteiger partial charge in [-0.25, -0.2) is 0 Å². The van der Waals surface area contributed by atoms with Crippen LogP contribution in [0.25, 0.3) is 0 Å². The minimum absolute atomic E-state index is 0.231. The Morgan fingerprint density at radius 2 is 2.15 bits per heavy atom. The number of hydrogen-bond donors (Lipinski definition) is 2. The third-order valence-electron chi connectivity index (χ3n) is 3.11. The van der Waals surface area contributed by atoms with Crippen LogP contribution in [-0.2, 0) is 11.3 Å². The van der Waals surface area contributed by atoms with E-state index in [0.29, 0.717) is 23.8 Å². The van der Waals surface area contributed by atoms with Gasteiger partial charge in [0.05, 0.1) is 17.2 Å². The molecule has 0 saturated carbocycles. The van der Waals surface area contributed by atoms with E-state index in [1.54, 1.807) is 14.0 Å². The van der Waals surface area contributed by atoms with E-state index >= 15 is 0 Å². The lowest BCUT2D eigenvalue weighted by atomic mass is 10.1. The van der Waals surface area contributed by atoms with Crippen LogP contribution in [0.15, 0.2) is 18.2 Å². The Morgan fingerprint density at radius 3 is 2.75 bits per heavy atom. The van der Waals surface area contributed by atoms with Crippen LogP contribution < -0.4 is 10.1 Å². The van der Waals surface area contributed by atoms with E-state index in [1.165, 1.54) is 0 Å². The fraction of sp³-hybridized carbons (Fsp3) is 0.600. The molecule has 1 rings (SSSR count). The minimum Gasteiger partial charge on any atom is -0.489 e. The summed E-state index contributed by atoms with van der Waals surface area (Å²) in [5, 5.41) is 13.7. The molecule has 5 heteroatoms. The van der Waals surface area contributed by atoms with Gasteiger partial charge in [0.2, 0.25) is 0 Å². The topological polar surface area (TPSA) is 50.7 Å². The number of rotatable bonds is 9. The normalized spacial score (nSPS) is 14.1. The van der Waals surface area contributed by atoms with E-state index in [9.17, 15) is 5.11 Å². The summed E-state index contributed by atoms with van der Waals surface area (Å²) in [6.07, 6.45) is 0.631. The van der Waals surface area contributed by atoms with Crippen LogP contribution in [0.1, 0.15) is 25.8 Å². The first-order chi connectivity index (χ1) is 9.48. The quantitative estimate of drug-likeness (QED) is 0.689. The SMILES string of the molecule is CCC(C)(O)COc1ccc(CNCCOC)cc1Cl. The van der Waals surface area contributed by atoms with Gasteiger partial charge < -0.3 is 19.9 Å². The lowest BCUT2D eigenvalue weighted by Gasteiger charge is -2.22. The van der Waals surface area contributed by atoms with Crippen molar-refractivity contribution >= 4 is 11.6 Å². The fourth-order valence-electron chi connectivity index (χ4n) is 1.51. The van der Waals surface area contributed by atoms with E-state index in [2.05, 4.69) is 5.32 Å². The number of ether oxygens (including phenoxy) is 2. The molecule has 0 bridgehead atoms. The Labute approximate surface area is 126 Å². The van der Waals surface area contributed by atoms with E-state index in [-0.39, 0.29) is 6.61 Å². The molecule has 0 saturated heterocycles. The molecule has 0 aliphatic heterocycles. The molecule has 0 fully saturated rings. The first kappa shape index (κ1) is 17.2. The van der Waals surface area contributed by atoms with Crippen LogP contribution in [0.4, 0.5) is 0 Å². The van der Waals surface area contributed by atoms with Crippen molar-refractivity contribution in [3.63, 3.8) is 0 Å². The Balaban J connectivity index is 2.51. The highest BCUT2D eigenvalue weighted by atomic mass is 35.5. The Bertz CT molecular complexity index is 410. The molecule has 20 heavy (non-hydrogen) atoms. The van der Waals surface area contributed by atoms with Gasteiger partial charge in [-0.05, 0) is 31.0 Å². The molecule has 2 N–H and O–H groups in total. The molecule has 1 unspecified atom stereocenters. The number of halogens is 1. The molecule has 1 aromatic carbocycles.